The van der Waals surface area contributed by atoms with E-state index in [1.54, 1.807) is 43.3 Å². The Balaban J connectivity index is 1.67. The number of nitrogens with zero attached hydrogens (tertiary/aromatic N) is 1. The van der Waals surface area contributed by atoms with E-state index in [9.17, 15) is 19.8 Å². The summed E-state index contributed by atoms with van der Waals surface area (Å²) in [4.78, 5) is 32.3. The number of fused-ring (bicyclic) bond motifs is 1. The quantitative estimate of drug-likeness (QED) is 0.180. The molecule has 0 aliphatic rings. The monoisotopic (exact) mass is 591 g/mol. The lowest BCUT2D eigenvalue weighted by molar-refractivity contribution is 0.0847. The first-order valence-corrected chi connectivity index (χ1v) is 14.6. The van der Waals surface area contributed by atoms with Crippen LogP contribution < -0.4 is 10.6 Å². The fourth-order valence-corrected chi connectivity index (χ4v) is 5.54. The number of hydrogen-bond acceptors (Lipinski definition) is 6. The van der Waals surface area contributed by atoms with Crippen molar-refractivity contribution in [2.45, 2.75) is 56.7 Å². The molecule has 0 spiro atoms. The van der Waals surface area contributed by atoms with E-state index in [1.165, 1.54) is 17.8 Å². The number of halogens is 1. The number of phenols is 1. The Hall–Kier alpha value is -3.59. The number of aromatic hydroxyl groups is 1. The van der Waals surface area contributed by atoms with Crippen molar-refractivity contribution in [3.05, 3.63) is 100 Å². The number of hydrogen-bond donors (Lipinski definition) is 4. The molecule has 0 bridgehead atoms. The molecule has 214 valence electrons. The summed E-state index contributed by atoms with van der Waals surface area (Å²) >= 11 is 7.71. The Bertz CT molecular complexity index is 1560. The van der Waals surface area contributed by atoms with Crippen LogP contribution in [0.3, 0.4) is 0 Å². The van der Waals surface area contributed by atoms with Gasteiger partial charge in [-0.3, -0.25) is 14.6 Å². The van der Waals surface area contributed by atoms with E-state index in [-0.39, 0.29) is 18.1 Å². The second kappa shape index (κ2) is 12.9. The van der Waals surface area contributed by atoms with E-state index in [0.29, 0.717) is 38.7 Å². The minimum absolute atomic E-state index is 0.00860. The van der Waals surface area contributed by atoms with Crippen LogP contribution in [-0.4, -0.2) is 50.4 Å². The van der Waals surface area contributed by atoms with Crippen molar-refractivity contribution in [2.75, 3.05) is 5.75 Å². The highest BCUT2D eigenvalue weighted by molar-refractivity contribution is 7.99. The summed E-state index contributed by atoms with van der Waals surface area (Å²) in [5, 5.41) is 28.9. The average Bonchev–Trinajstić information content (AvgIpc) is 2.91. The van der Waals surface area contributed by atoms with Gasteiger partial charge in [-0.05, 0) is 70.2 Å². The Kier molecular flexibility index (Phi) is 9.58. The third-order valence-electron chi connectivity index (χ3n) is 6.50. The first kappa shape index (κ1) is 30.4. The van der Waals surface area contributed by atoms with E-state index in [0.717, 1.165) is 10.3 Å². The number of aliphatic hydroxyl groups is 1. The summed E-state index contributed by atoms with van der Waals surface area (Å²) in [6, 6.07) is 20.7. The molecule has 3 aromatic carbocycles. The van der Waals surface area contributed by atoms with Crippen molar-refractivity contribution in [1.82, 2.24) is 15.6 Å². The van der Waals surface area contributed by atoms with Gasteiger partial charge >= 0.3 is 0 Å². The molecular formula is C32H34ClN3O4S. The van der Waals surface area contributed by atoms with Gasteiger partial charge in [-0.2, -0.15) is 0 Å². The number of aromatic nitrogens is 1. The smallest absolute Gasteiger partial charge is 0.253 e. The van der Waals surface area contributed by atoms with Crippen LogP contribution in [-0.2, 0) is 6.42 Å². The molecule has 0 saturated heterocycles. The van der Waals surface area contributed by atoms with Gasteiger partial charge in [-0.15, -0.1) is 11.8 Å². The zero-order chi connectivity index (χ0) is 29.7. The van der Waals surface area contributed by atoms with Crippen LogP contribution in [0, 0.1) is 6.92 Å². The first-order valence-electron chi connectivity index (χ1n) is 13.3. The van der Waals surface area contributed by atoms with E-state index < -0.39 is 23.6 Å². The summed E-state index contributed by atoms with van der Waals surface area (Å²) in [5.41, 5.74) is 1.62. The number of phenolic OH excluding ortho intramolecular Hbond substituents is 1. The number of pyridine rings is 1. The topological polar surface area (TPSA) is 112 Å². The molecule has 4 N–H and O–H groups in total. The molecule has 41 heavy (non-hydrogen) atoms. The molecule has 0 aliphatic heterocycles. The van der Waals surface area contributed by atoms with Gasteiger partial charge in [0.1, 0.15) is 5.75 Å². The van der Waals surface area contributed by atoms with Gasteiger partial charge in [-0.25, -0.2) is 0 Å². The lowest BCUT2D eigenvalue weighted by atomic mass is 9.99. The molecule has 0 saturated carbocycles. The standard InChI is InChI=1S/C32H34ClN3O4S/c1-19-23(11-8-12-28(19)37)30(39)35-27(18-41-22-9-6-5-7-10-22)29(38)17-26-24(31(40)36-32(2,3)4)15-20-13-14-21(33)16-25(20)34-26/h5-16,27,29,37-38H,17-18H2,1-4H3,(H,35,39)(H,36,40)/t27-,29+/m0/s1. The third kappa shape index (κ3) is 8.00. The summed E-state index contributed by atoms with van der Waals surface area (Å²) in [7, 11) is 0. The number of thioether (sulfide) groups is 1. The molecule has 0 radical (unpaired) electrons. The number of carbonyl (C=O) groups is 2. The number of carbonyl (C=O) groups excluding carboxylic acids is 2. The number of benzene rings is 3. The van der Waals surface area contributed by atoms with Crippen molar-refractivity contribution in [3.8, 4) is 5.75 Å². The van der Waals surface area contributed by atoms with E-state index >= 15 is 0 Å². The largest absolute Gasteiger partial charge is 0.508 e. The molecule has 2 amide bonds. The summed E-state index contributed by atoms with van der Waals surface area (Å²) in [6.45, 7) is 7.34. The summed E-state index contributed by atoms with van der Waals surface area (Å²) < 4.78 is 0. The van der Waals surface area contributed by atoms with Gasteiger partial charge < -0.3 is 20.8 Å². The van der Waals surface area contributed by atoms with Crippen molar-refractivity contribution < 1.29 is 19.8 Å². The van der Waals surface area contributed by atoms with Gasteiger partial charge in [0.05, 0.1) is 28.9 Å². The average molecular weight is 592 g/mol. The lowest BCUT2D eigenvalue weighted by Crippen LogP contribution is -2.46. The van der Waals surface area contributed by atoms with Crippen LogP contribution in [0.25, 0.3) is 10.9 Å². The van der Waals surface area contributed by atoms with Crippen molar-refractivity contribution in [2.24, 2.45) is 0 Å². The number of amides is 2. The van der Waals surface area contributed by atoms with Gasteiger partial charge in [0.25, 0.3) is 11.8 Å². The zero-order valence-corrected chi connectivity index (χ0v) is 25.0. The highest BCUT2D eigenvalue weighted by atomic mass is 35.5. The van der Waals surface area contributed by atoms with E-state index in [1.807, 2.05) is 51.1 Å². The fourth-order valence-electron chi connectivity index (χ4n) is 4.35. The normalized spacial score (nSPS) is 13.0. The minimum atomic E-state index is -1.09. The fraction of sp³-hybridized carbons (Fsp3) is 0.281. The molecule has 0 aliphatic carbocycles. The molecule has 2 atom stereocenters. The molecule has 4 aromatic rings. The molecule has 1 aromatic heterocycles. The van der Waals surface area contributed by atoms with Crippen LogP contribution in [0.15, 0.2) is 77.7 Å². The summed E-state index contributed by atoms with van der Waals surface area (Å²) in [6.07, 6.45) is -1.08. The number of nitrogens with one attached hydrogen (secondary N) is 2. The SMILES string of the molecule is Cc1c(O)cccc1C(=O)N[C@@H](CSc1ccccc1)[C@H](O)Cc1nc2cc(Cl)ccc2cc1C(=O)NC(C)(C)C. The Morgan fingerprint density at radius 2 is 1.71 bits per heavy atom. The molecular weight excluding hydrogens is 558 g/mol. The maximum atomic E-state index is 13.3. The van der Waals surface area contributed by atoms with Crippen LogP contribution in [0.5, 0.6) is 5.75 Å². The number of aliphatic hydroxyl groups excluding tert-OH is 1. The minimum Gasteiger partial charge on any atom is -0.508 e. The molecule has 4 rings (SSSR count). The Morgan fingerprint density at radius 3 is 2.41 bits per heavy atom. The Labute approximate surface area is 249 Å². The van der Waals surface area contributed by atoms with Crippen LogP contribution in [0.1, 0.15) is 52.7 Å². The first-order chi connectivity index (χ1) is 19.4. The van der Waals surface area contributed by atoms with Crippen LogP contribution >= 0.6 is 23.4 Å². The highest BCUT2D eigenvalue weighted by Crippen LogP contribution is 2.25. The van der Waals surface area contributed by atoms with Gasteiger partial charge in [0, 0.05) is 44.1 Å². The molecule has 0 unspecified atom stereocenters. The molecule has 7 nitrogen and oxygen atoms in total. The third-order valence-corrected chi connectivity index (χ3v) is 7.86. The van der Waals surface area contributed by atoms with Crippen LogP contribution in [0.2, 0.25) is 5.02 Å². The van der Waals surface area contributed by atoms with Crippen molar-refractivity contribution >= 4 is 46.1 Å². The predicted molar refractivity (Wildman–Crippen MR) is 165 cm³/mol. The van der Waals surface area contributed by atoms with Gasteiger partial charge in [0.15, 0.2) is 0 Å². The van der Waals surface area contributed by atoms with Crippen molar-refractivity contribution in [3.63, 3.8) is 0 Å². The molecule has 9 heteroatoms. The molecule has 1 heterocycles. The van der Waals surface area contributed by atoms with Gasteiger partial charge in [0.2, 0.25) is 0 Å². The number of rotatable bonds is 9. The second-order valence-corrected chi connectivity index (χ2v) is 12.5. The Morgan fingerprint density at radius 1 is 0.976 bits per heavy atom. The lowest BCUT2D eigenvalue weighted by Gasteiger charge is -2.26. The maximum Gasteiger partial charge on any atom is 0.253 e. The van der Waals surface area contributed by atoms with Crippen molar-refractivity contribution in [1.29, 1.82) is 0 Å². The highest BCUT2D eigenvalue weighted by Gasteiger charge is 2.27. The van der Waals surface area contributed by atoms with E-state index in [4.69, 9.17) is 16.6 Å². The predicted octanol–water partition coefficient (Wildman–Crippen LogP) is 5.92. The van der Waals surface area contributed by atoms with E-state index in [2.05, 4.69) is 10.6 Å². The summed E-state index contributed by atoms with van der Waals surface area (Å²) in [5.74, 6) is -0.349. The maximum absolute atomic E-state index is 13.3. The van der Waals surface area contributed by atoms with Crippen LogP contribution in [0.4, 0.5) is 0 Å². The van der Waals surface area contributed by atoms with Gasteiger partial charge in [-0.1, -0.05) is 41.9 Å². The molecule has 0 fully saturated rings. The second-order valence-electron chi connectivity index (χ2n) is 10.9. The zero-order valence-electron chi connectivity index (χ0n) is 23.4.